The topological polar surface area (TPSA) is 111 Å². The number of aryl methyl sites for hydroxylation is 1. The van der Waals surface area contributed by atoms with Gasteiger partial charge in [-0.3, -0.25) is 10.1 Å². The Morgan fingerprint density at radius 2 is 2.08 bits per heavy atom. The van der Waals surface area contributed by atoms with Crippen LogP contribution in [0.25, 0.3) is 0 Å². The van der Waals surface area contributed by atoms with E-state index in [4.69, 9.17) is 10.5 Å². The number of benzene rings is 1. The number of carbonyl (C=O) groups is 3. The minimum absolute atomic E-state index is 0.363. The summed E-state index contributed by atoms with van der Waals surface area (Å²) in [5.41, 5.74) is 6.96. The number of thioether (sulfide) groups is 1. The van der Waals surface area contributed by atoms with E-state index < -0.39 is 24.0 Å². The molecule has 2 aromatic rings. The number of nitrogens with one attached hydrogen (secondary N) is 1. The highest BCUT2D eigenvalue weighted by Gasteiger charge is 2.21. The van der Waals surface area contributed by atoms with E-state index >= 15 is 0 Å². The predicted molar refractivity (Wildman–Crippen MR) is 95.5 cm³/mol. The zero-order valence-electron chi connectivity index (χ0n) is 13.6. The summed E-state index contributed by atoms with van der Waals surface area (Å²) in [4.78, 5) is 39.0. The van der Waals surface area contributed by atoms with Crippen LogP contribution in [0.5, 0.6) is 0 Å². The molecule has 132 valence electrons. The van der Waals surface area contributed by atoms with Gasteiger partial charge in [0.1, 0.15) is 4.34 Å². The summed E-state index contributed by atoms with van der Waals surface area (Å²) in [5.74, 6) is -0.871. The van der Waals surface area contributed by atoms with Crippen LogP contribution in [0.2, 0.25) is 0 Å². The van der Waals surface area contributed by atoms with Crippen molar-refractivity contribution < 1.29 is 19.1 Å². The highest BCUT2D eigenvalue weighted by molar-refractivity contribution is 8.00. The first kappa shape index (κ1) is 18.9. The number of carbonyl (C=O) groups excluding carboxylic acids is 3. The number of thiazole rings is 1. The van der Waals surface area contributed by atoms with Gasteiger partial charge in [-0.1, -0.05) is 30.0 Å². The van der Waals surface area contributed by atoms with Gasteiger partial charge in [-0.25, -0.2) is 14.6 Å². The van der Waals surface area contributed by atoms with Gasteiger partial charge in [0.15, 0.2) is 6.10 Å². The molecule has 0 aliphatic heterocycles. The number of primary amides is 1. The van der Waals surface area contributed by atoms with E-state index in [-0.39, 0.29) is 0 Å². The second-order valence-electron chi connectivity index (χ2n) is 5.10. The number of amides is 3. The quantitative estimate of drug-likeness (QED) is 0.589. The third kappa shape index (κ3) is 5.57. The third-order valence-electron chi connectivity index (χ3n) is 3.09. The number of nitrogens with zero attached hydrogens (tertiary/aromatic N) is 1. The number of nitrogens with two attached hydrogens (primary N) is 1. The van der Waals surface area contributed by atoms with Gasteiger partial charge in [0.25, 0.3) is 5.91 Å². The molecule has 0 radical (unpaired) electrons. The van der Waals surface area contributed by atoms with Gasteiger partial charge >= 0.3 is 12.0 Å². The van der Waals surface area contributed by atoms with Crippen LogP contribution in [0, 0.1) is 6.92 Å². The molecule has 0 aliphatic rings. The van der Waals surface area contributed by atoms with Crippen molar-refractivity contribution in [3.8, 4) is 0 Å². The Labute approximate surface area is 153 Å². The molecule has 1 atom stereocenters. The van der Waals surface area contributed by atoms with E-state index in [1.807, 2.05) is 29.8 Å². The largest absolute Gasteiger partial charge is 0.449 e. The van der Waals surface area contributed by atoms with Crippen molar-refractivity contribution in [1.82, 2.24) is 10.3 Å². The zero-order chi connectivity index (χ0) is 18.4. The van der Waals surface area contributed by atoms with Crippen LogP contribution in [0.4, 0.5) is 4.79 Å². The monoisotopic (exact) mass is 379 g/mol. The molecule has 1 heterocycles. The van der Waals surface area contributed by atoms with E-state index in [1.54, 1.807) is 23.5 Å². The van der Waals surface area contributed by atoms with Crippen LogP contribution in [0.15, 0.2) is 34.0 Å². The van der Waals surface area contributed by atoms with E-state index in [9.17, 15) is 14.4 Å². The Hall–Kier alpha value is -2.39. The molecule has 0 spiro atoms. The molecule has 0 saturated heterocycles. The van der Waals surface area contributed by atoms with Gasteiger partial charge in [-0.2, -0.15) is 0 Å². The maximum absolute atomic E-state index is 12.3. The second-order valence-corrected chi connectivity index (χ2v) is 7.18. The molecule has 2 rings (SSSR count). The molecule has 0 bridgehead atoms. The number of hydrogen-bond donors (Lipinski definition) is 2. The molecule has 9 heteroatoms. The fourth-order valence-electron chi connectivity index (χ4n) is 1.88. The molecular weight excluding hydrogens is 362 g/mol. The minimum atomic E-state index is -1.14. The lowest BCUT2D eigenvalue weighted by Crippen LogP contribution is -2.42. The smallest absolute Gasteiger partial charge is 0.339 e. The van der Waals surface area contributed by atoms with Crippen LogP contribution in [0.3, 0.4) is 0 Å². The van der Waals surface area contributed by atoms with Crippen LogP contribution in [-0.4, -0.2) is 29.0 Å². The van der Waals surface area contributed by atoms with Crippen molar-refractivity contribution in [3.05, 3.63) is 46.5 Å². The molecule has 0 saturated carbocycles. The van der Waals surface area contributed by atoms with Crippen molar-refractivity contribution in [1.29, 1.82) is 0 Å². The van der Waals surface area contributed by atoms with Gasteiger partial charge in [0, 0.05) is 16.8 Å². The Bertz CT molecular complexity index is 791. The summed E-state index contributed by atoms with van der Waals surface area (Å²) in [6.45, 7) is 3.29. The average molecular weight is 379 g/mol. The number of ether oxygens (including phenoxy) is 1. The Morgan fingerprint density at radius 3 is 2.72 bits per heavy atom. The standard InChI is InChI=1S/C16H17N3O4S2/c1-9-7-24-16(18-9)25-8-11-5-3-4-6-12(11)14(21)23-10(2)13(20)19-15(17)22/h3-7,10H,8H2,1-2H3,(H3,17,19,20,22)/t10-/m1/s1. The summed E-state index contributed by atoms with van der Waals surface area (Å²) in [6.07, 6.45) is -1.14. The van der Waals surface area contributed by atoms with Crippen LogP contribution in [-0.2, 0) is 15.3 Å². The van der Waals surface area contributed by atoms with Crippen molar-refractivity contribution in [2.24, 2.45) is 5.73 Å². The summed E-state index contributed by atoms with van der Waals surface area (Å²) in [5, 5.41) is 3.83. The molecule has 1 aromatic heterocycles. The predicted octanol–water partition coefficient (Wildman–Crippen LogP) is 2.48. The lowest BCUT2D eigenvalue weighted by atomic mass is 10.1. The summed E-state index contributed by atoms with van der Waals surface area (Å²) in [6, 6.07) is 5.99. The van der Waals surface area contributed by atoms with Gasteiger partial charge in [-0.15, -0.1) is 11.3 Å². The SMILES string of the molecule is Cc1csc(SCc2ccccc2C(=O)O[C@H](C)C(=O)NC(N)=O)n1. The lowest BCUT2D eigenvalue weighted by molar-refractivity contribution is -0.127. The van der Waals surface area contributed by atoms with Crippen molar-refractivity contribution in [3.63, 3.8) is 0 Å². The molecule has 7 nitrogen and oxygen atoms in total. The molecule has 0 aliphatic carbocycles. The fraction of sp³-hybridized carbons (Fsp3) is 0.250. The molecular formula is C16H17N3O4S2. The highest BCUT2D eigenvalue weighted by atomic mass is 32.2. The third-order valence-corrected chi connectivity index (χ3v) is 5.27. The van der Waals surface area contributed by atoms with E-state index in [2.05, 4.69) is 4.98 Å². The number of esters is 1. The van der Waals surface area contributed by atoms with Crippen LogP contribution in [0.1, 0.15) is 28.5 Å². The fourth-order valence-corrected chi connectivity index (χ4v) is 3.74. The molecule has 3 N–H and O–H groups in total. The first-order valence-corrected chi connectivity index (χ1v) is 9.17. The van der Waals surface area contributed by atoms with Gasteiger partial charge < -0.3 is 10.5 Å². The Morgan fingerprint density at radius 1 is 1.36 bits per heavy atom. The van der Waals surface area contributed by atoms with Crippen LogP contribution < -0.4 is 11.1 Å². The van der Waals surface area contributed by atoms with Crippen molar-refractivity contribution in [2.75, 3.05) is 0 Å². The first-order chi connectivity index (χ1) is 11.9. The normalized spacial score (nSPS) is 11.6. The maximum Gasteiger partial charge on any atom is 0.339 e. The number of urea groups is 1. The zero-order valence-corrected chi connectivity index (χ0v) is 15.3. The lowest BCUT2D eigenvalue weighted by Gasteiger charge is -2.13. The summed E-state index contributed by atoms with van der Waals surface area (Å²) < 4.78 is 6.03. The summed E-state index contributed by atoms with van der Waals surface area (Å²) in [7, 11) is 0. The molecule has 25 heavy (non-hydrogen) atoms. The van der Waals surface area contributed by atoms with E-state index in [1.165, 1.54) is 18.7 Å². The number of hydrogen-bond acceptors (Lipinski definition) is 7. The average Bonchev–Trinajstić information content (AvgIpc) is 2.98. The molecule has 3 amide bonds. The molecule has 0 unspecified atom stereocenters. The highest BCUT2D eigenvalue weighted by Crippen LogP contribution is 2.27. The Kier molecular flexibility index (Phi) is 6.54. The first-order valence-electron chi connectivity index (χ1n) is 7.31. The van der Waals surface area contributed by atoms with Crippen molar-refractivity contribution in [2.45, 2.75) is 30.0 Å². The van der Waals surface area contributed by atoms with E-state index in [0.29, 0.717) is 11.3 Å². The number of imide groups is 1. The van der Waals surface area contributed by atoms with Gasteiger partial charge in [0.05, 0.1) is 5.56 Å². The van der Waals surface area contributed by atoms with Crippen molar-refractivity contribution >= 4 is 41.0 Å². The number of rotatable bonds is 6. The van der Waals surface area contributed by atoms with Gasteiger partial charge in [0.2, 0.25) is 0 Å². The van der Waals surface area contributed by atoms with Crippen LogP contribution >= 0.6 is 23.1 Å². The Balaban J connectivity index is 2.04. The summed E-state index contributed by atoms with van der Waals surface area (Å²) >= 11 is 3.06. The van der Waals surface area contributed by atoms with E-state index in [0.717, 1.165) is 15.6 Å². The van der Waals surface area contributed by atoms with Gasteiger partial charge in [-0.05, 0) is 25.5 Å². The second kappa shape index (κ2) is 8.63. The number of aromatic nitrogens is 1. The minimum Gasteiger partial charge on any atom is -0.449 e. The molecule has 1 aromatic carbocycles. The maximum atomic E-state index is 12.3. The molecule has 0 fully saturated rings.